The van der Waals surface area contributed by atoms with Gasteiger partial charge in [-0.3, -0.25) is 0 Å². The van der Waals surface area contributed by atoms with E-state index >= 15 is 0 Å². The SMILES string of the molecule is CNc1ccc(C2CC34C(C)C3CCC4C3CCC4CC5(CCCO5)CCC4=C23)cc1. The van der Waals surface area contributed by atoms with E-state index in [0.29, 0.717) is 11.3 Å². The lowest BCUT2D eigenvalue weighted by Gasteiger charge is -2.52. The molecule has 1 aromatic rings. The Hall–Kier alpha value is -1.28. The Kier molecular flexibility index (Phi) is 4.11. The van der Waals surface area contributed by atoms with Crippen molar-refractivity contribution < 1.29 is 4.74 Å². The number of fused-ring (bicyclic) bond motifs is 3. The van der Waals surface area contributed by atoms with Crippen LogP contribution in [0.5, 0.6) is 0 Å². The van der Waals surface area contributed by atoms with Crippen molar-refractivity contribution in [2.75, 3.05) is 19.0 Å². The van der Waals surface area contributed by atoms with Gasteiger partial charge in [0.1, 0.15) is 0 Å². The number of allylic oxidation sites excluding steroid dienone is 2. The highest BCUT2D eigenvalue weighted by atomic mass is 16.5. The van der Waals surface area contributed by atoms with Gasteiger partial charge in [-0.15, -0.1) is 0 Å². The van der Waals surface area contributed by atoms with Crippen molar-refractivity contribution in [2.45, 2.75) is 82.7 Å². The second kappa shape index (κ2) is 6.62. The molecule has 4 saturated carbocycles. The van der Waals surface area contributed by atoms with E-state index in [1.165, 1.54) is 69.9 Å². The summed E-state index contributed by atoms with van der Waals surface area (Å²) in [4.78, 5) is 0. The molecule has 1 aliphatic heterocycles. The van der Waals surface area contributed by atoms with Gasteiger partial charge in [0, 0.05) is 25.3 Å². The van der Waals surface area contributed by atoms with Gasteiger partial charge in [-0.05, 0) is 117 Å². The van der Waals surface area contributed by atoms with E-state index in [4.69, 9.17) is 4.74 Å². The molecule has 2 nitrogen and oxygen atoms in total. The normalized spacial score (nSPS) is 47.5. The number of rotatable bonds is 2. The zero-order valence-electron chi connectivity index (χ0n) is 19.5. The standard InChI is InChI=1S/C29H39NO/c1-18-25-10-11-26-23-9-6-20-16-28(13-3-15-31-28)14-12-22(20)27(23)24(17-29(18,25)26)19-4-7-21(30-2)8-5-19/h4-5,7-8,18,20,23-26,30H,3,6,9-17H2,1-2H3. The first-order valence-electron chi connectivity index (χ1n) is 13.3. The van der Waals surface area contributed by atoms with Gasteiger partial charge < -0.3 is 10.1 Å². The molecule has 0 bridgehead atoms. The summed E-state index contributed by atoms with van der Waals surface area (Å²) in [6.45, 7) is 3.59. The first-order valence-corrected chi connectivity index (χ1v) is 13.3. The number of benzene rings is 1. The molecule has 6 aliphatic rings. The van der Waals surface area contributed by atoms with Crippen LogP contribution in [0.25, 0.3) is 0 Å². The zero-order valence-corrected chi connectivity index (χ0v) is 19.5. The molecule has 2 heteroatoms. The largest absolute Gasteiger partial charge is 0.388 e. The maximum atomic E-state index is 6.38. The van der Waals surface area contributed by atoms with E-state index in [1.54, 1.807) is 5.56 Å². The van der Waals surface area contributed by atoms with Crippen LogP contribution < -0.4 is 5.32 Å². The topological polar surface area (TPSA) is 21.3 Å². The Morgan fingerprint density at radius 3 is 2.55 bits per heavy atom. The highest BCUT2D eigenvalue weighted by Crippen LogP contribution is 2.79. The van der Waals surface area contributed by atoms with Crippen molar-refractivity contribution in [1.82, 2.24) is 0 Å². The molecule has 7 rings (SSSR count). The van der Waals surface area contributed by atoms with Gasteiger partial charge in [0.05, 0.1) is 5.60 Å². The fraction of sp³-hybridized carbons (Fsp3) is 0.724. The molecule has 1 saturated heterocycles. The van der Waals surface area contributed by atoms with E-state index in [0.717, 1.165) is 36.2 Å². The molecular formula is C29H39NO. The first-order chi connectivity index (χ1) is 15.2. The molecule has 8 atom stereocenters. The summed E-state index contributed by atoms with van der Waals surface area (Å²) in [5, 5.41) is 3.32. The lowest BCUT2D eigenvalue weighted by atomic mass is 9.54. The molecule has 31 heavy (non-hydrogen) atoms. The molecular weight excluding hydrogens is 378 g/mol. The number of hydrogen-bond donors (Lipinski definition) is 1. The van der Waals surface area contributed by atoms with Crippen molar-refractivity contribution in [3.8, 4) is 0 Å². The highest BCUT2D eigenvalue weighted by molar-refractivity contribution is 5.48. The van der Waals surface area contributed by atoms with E-state index in [2.05, 4.69) is 36.5 Å². The lowest BCUT2D eigenvalue weighted by Crippen LogP contribution is -2.43. The molecule has 2 spiro atoms. The van der Waals surface area contributed by atoms with E-state index < -0.39 is 0 Å². The van der Waals surface area contributed by atoms with Crippen molar-refractivity contribution in [3.63, 3.8) is 0 Å². The summed E-state index contributed by atoms with van der Waals surface area (Å²) in [5.74, 6) is 5.34. The van der Waals surface area contributed by atoms with Crippen LogP contribution in [-0.4, -0.2) is 19.3 Å². The number of ether oxygens (including phenoxy) is 1. The van der Waals surface area contributed by atoms with Gasteiger partial charge in [-0.25, -0.2) is 0 Å². The summed E-state index contributed by atoms with van der Waals surface area (Å²) >= 11 is 0. The fourth-order valence-corrected chi connectivity index (χ4v) is 9.91. The average molecular weight is 418 g/mol. The molecule has 5 fully saturated rings. The van der Waals surface area contributed by atoms with Crippen LogP contribution >= 0.6 is 0 Å². The number of hydrogen-bond acceptors (Lipinski definition) is 2. The van der Waals surface area contributed by atoms with Gasteiger partial charge >= 0.3 is 0 Å². The summed E-state index contributed by atoms with van der Waals surface area (Å²) in [7, 11) is 2.03. The average Bonchev–Trinajstić information content (AvgIpc) is 3.16. The van der Waals surface area contributed by atoms with Crippen LogP contribution in [-0.2, 0) is 4.74 Å². The smallest absolute Gasteiger partial charge is 0.0692 e. The van der Waals surface area contributed by atoms with Crippen LogP contribution in [0.4, 0.5) is 5.69 Å². The number of nitrogens with one attached hydrogen (secondary N) is 1. The quantitative estimate of drug-likeness (QED) is 0.527. The Morgan fingerprint density at radius 1 is 0.968 bits per heavy atom. The van der Waals surface area contributed by atoms with E-state index in [1.807, 2.05) is 18.2 Å². The molecule has 1 N–H and O–H groups in total. The third kappa shape index (κ3) is 2.55. The Balaban J connectivity index is 1.31. The summed E-state index contributed by atoms with van der Waals surface area (Å²) < 4.78 is 6.38. The molecule has 1 heterocycles. The van der Waals surface area contributed by atoms with E-state index in [9.17, 15) is 0 Å². The predicted octanol–water partition coefficient (Wildman–Crippen LogP) is 6.93. The molecule has 0 amide bonds. The van der Waals surface area contributed by atoms with Crippen molar-refractivity contribution in [2.24, 2.45) is 35.0 Å². The van der Waals surface area contributed by atoms with Crippen molar-refractivity contribution in [3.05, 3.63) is 41.0 Å². The summed E-state index contributed by atoms with van der Waals surface area (Å²) in [6.07, 6.45) is 13.9. The van der Waals surface area contributed by atoms with Crippen LogP contribution in [0.3, 0.4) is 0 Å². The highest BCUT2D eigenvalue weighted by Gasteiger charge is 2.72. The fourth-order valence-electron chi connectivity index (χ4n) is 9.91. The molecule has 166 valence electrons. The van der Waals surface area contributed by atoms with Gasteiger partial charge in [0.2, 0.25) is 0 Å². The molecule has 0 radical (unpaired) electrons. The third-order valence-corrected chi connectivity index (χ3v) is 11.3. The maximum Gasteiger partial charge on any atom is 0.0692 e. The Labute approximate surface area is 188 Å². The minimum Gasteiger partial charge on any atom is -0.388 e. The second-order valence-electron chi connectivity index (χ2n) is 12.0. The Bertz CT molecular complexity index is 909. The van der Waals surface area contributed by atoms with Crippen LogP contribution in [0.2, 0.25) is 0 Å². The number of anilines is 1. The summed E-state index contributed by atoms with van der Waals surface area (Å²) in [5.41, 5.74) is 7.61. The van der Waals surface area contributed by atoms with Gasteiger partial charge in [-0.1, -0.05) is 30.2 Å². The van der Waals surface area contributed by atoms with Crippen molar-refractivity contribution >= 4 is 5.69 Å². The molecule has 1 aromatic carbocycles. The minimum absolute atomic E-state index is 0.241. The van der Waals surface area contributed by atoms with Crippen LogP contribution in [0, 0.1) is 35.0 Å². The predicted molar refractivity (Wildman–Crippen MR) is 126 cm³/mol. The lowest BCUT2D eigenvalue weighted by molar-refractivity contribution is -0.0339. The molecule has 0 aromatic heterocycles. The molecule has 8 unspecified atom stereocenters. The van der Waals surface area contributed by atoms with Gasteiger partial charge in [0.25, 0.3) is 0 Å². The Morgan fingerprint density at radius 2 is 1.81 bits per heavy atom. The van der Waals surface area contributed by atoms with Crippen LogP contribution in [0.15, 0.2) is 35.4 Å². The third-order valence-electron chi connectivity index (χ3n) is 11.3. The zero-order chi connectivity index (χ0) is 20.8. The van der Waals surface area contributed by atoms with Crippen LogP contribution in [0.1, 0.15) is 82.6 Å². The van der Waals surface area contributed by atoms with Gasteiger partial charge in [-0.2, -0.15) is 0 Å². The minimum atomic E-state index is 0.241. The first kappa shape index (κ1) is 19.2. The van der Waals surface area contributed by atoms with E-state index in [-0.39, 0.29) is 5.60 Å². The summed E-state index contributed by atoms with van der Waals surface area (Å²) in [6, 6.07) is 9.51. The second-order valence-corrected chi connectivity index (χ2v) is 12.0. The molecule has 5 aliphatic carbocycles. The maximum absolute atomic E-state index is 6.38. The van der Waals surface area contributed by atoms with Gasteiger partial charge in [0.15, 0.2) is 0 Å². The monoisotopic (exact) mass is 417 g/mol. The van der Waals surface area contributed by atoms with Crippen molar-refractivity contribution in [1.29, 1.82) is 0 Å².